The maximum atomic E-state index is 11.4. The summed E-state index contributed by atoms with van der Waals surface area (Å²) in [6.07, 6.45) is 0. The maximum Gasteiger partial charge on any atom is 0.167 e. The molecule has 2 N–H and O–H groups in total. The molecule has 1 rings (SSSR count). The average Bonchev–Trinajstić information content (AvgIpc) is 2.13. The predicted octanol–water partition coefficient (Wildman–Crippen LogP) is 2.12. The molecule has 0 fully saturated rings. The van der Waals surface area contributed by atoms with Gasteiger partial charge in [-0.15, -0.1) is 0 Å². The van der Waals surface area contributed by atoms with E-state index in [1.165, 1.54) is 13.8 Å². The number of carbonyl (C=O) groups is 2. The summed E-state index contributed by atoms with van der Waals surface area (Å²) in [4.78, 5) is 22.7. The van der Waals surface area contributed by atoms with Crippen molar-refractivity contribution < 1.29 is 19.8 Å². The molecular weight excluding hydrogens is 208 g/mol. The first kappa shape index (κ1) is 12.2. The van der Waals surface area contributed by atoms with Crippen molar-refractivity contribution >= 4 is 11.6 Å². The molecular formula is C12H14O4. The minimum atomic E-state index is -0.472. The van der Waals surface area contributed by atoms with Gasteiger partial charge in [-0.1, -0.05) is 0 Å². The highest BCUT2D eigenvalue weighted by molar-refractivity contribution is 6.07. The van der Waals surface area contributed by atoms with Crippen LogP contribution in [0.4, 0.5) is 0 Å². The van der Waals surface area contributed by atoms with Crippen LogP contribution in [0, 0.1) is 13.8 Å². The Morgan fingerprint density at radius 3 is 1.62 bits per heavy atom. The average molecular weight is 222 g/mol. The second-order valence-corrected chi connectivity index (χ2v) is 3.81. The Morgan fingerprint density at radius 2 is 1.25 bits per heavy atom. The molecule has 0 aliphatic rings. The van der Waals surface area contributed by atoms with Crippen molar-refractivity contribution in [2.75, 3.05) is 0 Å². The summed E-state index contributed by atoms with van der Waals surface area (Å²) in [5, 5.41) is 19.6. The minimum absolute atomic E-state index is 0.0977. The van der Waals surface area contributed by atoms with E-state index in [-0.39, 0.29) is 22.7 Å². The highest BCUT2D eigenvalue weighted by Gasteiger charge is 2.23. The van der Waals surface area contributed by atoms with Crippen LogP contribution in [0.25, 0.3) is 0 Å². The third-order valence-corrected chi connectivity index (χ3v) is 2.71. The van der Waals surface area contributed by atoms with Crippen LogP contribution in [0.15, 0.2) is 0 Å². The fourth-order valence-corrected chi connectivity index (χ4v) is 1.73. The smallest absolute Gasteiger partial charge is 0.167 e. The summed E-state index contributed by atoms with van der Waals surface area (Å²) < 4.78 is 0. The van der Waals surface area contributed by atoms with E-state index in [0.29, 0.717) is 11.1 Å². The van der Waals surface area contributed by atoms with Gasteiger partial charge in [-0.05, 0) is 38.8 Å². The number of hydrogen-bond acceptors (Lipinski definition) is 4. The molecule has 1 aromatic carbocycles. The maximum absolute atomic E-state index is 11.4. The van der Waals surface area contributed by atoms with Gasteiger partial charge in [0, 0.05) is 0 Å². The molecule has 0 radical (unpaired) electrons. The number of aromatic hydroxyl groups is 2. The fourth-order valence-electron chi connectivity index (χ4n) is 1.73. The van der Waals surface area contributed by atoms with Gasteiger partial charge in [0.1, 0.15) is 17.1 Å². The lowest BCUT2D eigenvalue weighted by Gasteiger charge is -2.14. The van der Waals surface area contributed by atoms with Crippen LogP contribution in [-0.4, -0.2) is 21.8 Å². The van der Waals surface area contributed by atoms with Gasteiger partial charge in [0.15, 0.2) is 11.6 Å². The Morgan fingerprint density at radius 1 is 0.812 bits per heavy atom. The van der Waals surface area contributed by atoms with E-state index in [1.54, 1.807) is 13.8 Å². The van der Waals surface area contributed by atoms with Gasteiger partial charge >= 0.3 is 0 Å². The lowest BCUT2D eigenvalue weighted by molar-refractivity contribution is 0.101. The number of carbonyl (C=O) groups excluding carboxylic acids is 2. The SMILES string of the molecule is CC(=O)c1c(C)c(C)c(O)c(C(C)=O)c1O. The Hall–Kier alpha value is -1.84. The van der Waals surface area contributed by atoms with Gasteiger partial charge in [-0.25, -0.2) is 0 Å². The van der Waals surface area contributed by atoms with E-state index in [9.17, 15) is 19.8 Å². The monoisotopic (exact) mass is 222 g/mol. The Labute approximate surface area is 93.5 Å². The molecule has 0 heterocycles. The van der Waals surface area contributed by atoms with E-state index in [1.807, 2.05) is 0 Å². The Kier molecular flexibility index (Phi) is 3.03. The van der Waals surface area contributed by atoms with Crippen molar-refractivity contribution in [1.82, 2.24) is 0 Å². The lowest BCUT2D eigenvalue weighted by Crippen LogP contribution is -2.05. The fraction of sp³-hybridized carbons (Fsp3) is 0.333. The normalized spacial score (nSPS) is 10.2. The van der Waals surface area contributed by atoms with E-state index >= 15 is 0 Å². The number of phenols is 2. The third kappa shape index (κ3) is 1.66. The molecule has 0 bridgehead atoms. The number of benzene rings is 1. The molecule has 0 aliphatic heterocycles. The van der Waals surface area contributed by atoms with Crippen LogP contribution < -0.4 is 0 Å². The van der Waals surface area contributed by atoms with Gasteiger partial charge in [0.2, 0.25) is 0 Å². The van der Waals surface area contributed by atoms with Crippen LogP contribution in [0.3, 0.4) is 0 Å². The number of Topliss-reactive ketones (excluding diaryl/α,β-unsaturated/α-hetero) is 2. The van der Waals surface area contributed by atoms with E-state index in [0.717, 1.165) is 0 Å². The first-order valence-electron chi connectivity index (χ1n) is 4.86. The van der Waals surface area contributed by atoms with Crippen molar-refractivity contribution in [2.45, 2.75) is 27.7 Å². The second kappa shape index (κ2) is 3.96. The van der Waals surface area contributed by atoms with E-state index in [4.69, 9.17) is 0 Å². The predicted molar refractivity (Wildman–Crippen MR) is 59.3 cm³/mol. The molecule has 0 saturated heterocycles. The number of rotatable bonds is 2. The summed E-state index contributed by atoms with van der Waals surface area (Å²) in [6, 6.07) is 0. The molecule has 0 saturated carbocycles. The largest absolute Gasteiger partial charge is 0.507 e. The number of phenolic OH excluding ortho intramolecular Hbond substituents is 2. The molecule has 0 aromatic heterocycles. The summed E-state index contributed by atoms with van der Waals surface area (Å²) in [5.41, 5.74) is 0.842. The van der Waals surface area contributed by atoms with Gasteiger partial charge in [-0.3, -0.25) is 9.59 Å². The first-order valence-corrected chi connectivity index (χ1v) is 4.86. The molecule has 0 amide bonds. The van der Waals surface area contributed by atoms with Crippen molar-refractivity contribution in [3.05, 3.63) is 22.3 Å². The van der Waals surface area contributed by atoms with Crippen LogP contribution >= 0.6 is 0 Å². The zero-order chi connectivity index (χ0) is 12.6. The zero-order valence-corrected chi connectivity index (χ0v) is 9.71. The highest BCUT2D eigenvalue weighted by Crippen LogP contribution is 2.37. The highest BCUT2D eigenvalue weighted by atomic mass is 16.3. The second-order valence-electron chi connectivity index (χ2n) is 3.81. The van der Waals surface area contributed by atoms with E-state index in [2.05, 4.69) is 0 Å². The summed E-state index contributed by atoms with van der Waals surface area (Å²) in [5.74, 6) is -1.49. The summed E-state index contributed by atoms with van der Waals surface area (Å²) in [7, 11) is 0. The van der Waals surface area contributed by atoms with Crippen LogP contribution in [-0.2, 0) is 0 Å². The standard InChI is InChI=1S/C12H14O4/c1-5-6(2)11(15)10(8(4)14)12(16)9(5)7(3)13/h15-16H,1-4H3. The van der Waals surface area contributed by atoms with Crippen molar-refractivity contribution in [3.8, 4) is 11.5 Å². The van der Waals surface area contributed by atoms with Gasteiger partial charge in [0.05, 0.1) is 5.56 Å². The van der Waals surface area contributed by atoms with Gasteiger partial charge < -0.3 is 10.2 Å². The quantitative estimate of drug-likeness (QED) is 0.751. The molecule has 16 heavy (non-hydrogen) atoms. The van der Waals surface area contributed by atoms with Crippen molar-refractivity contribution in [3.63, 3.8) is 0 Å². The van der Waals surface area contributed by atoms with Crippen molar-refractivity contribution in [1.29, 1.82) is 0 Å². The van der Waals surface area contributed by atoms with Crippen LogP contribution in [0.2, 0.25) is 0 Å². The molecule has 86 valence electrons. The topological polar surface area (TPSA) is 74.6 Å². The van der Waals surface area contributed by atoms with Crippen LogP contribution in [0.5, 0.6) is 11.5 Å². The number of ketones is 2. The molecule has 4 nitrogen and oxygen atoms in total. The van der Waals surface area contributed by atoms with Crippen LogP contribution in [0.1, 0.15) is 45.7 Å². The number of hydrogen-bond donors (Lipinski definition) is 2. The molecule has 0 unspecified atom stereocenters. The van der Waals surface area contributed by atoms with Gasteiger partial charge in [0.25, 0.3) is 0 Å². The molecule has 0 atom stereocenters. The third-order valence-electron chi connectivity index (χ3n) is 2.71. The minimum Gasteiger partial charge on any atom is -0.507 e. The summed E-state index contributed by atoms with van der Waals surface area (Å²) in [6.45, 7) is 5.76. The van der Waals surface area contributed by atoms with E-state index < -0.39 is 11.5 Å². The molecule has 0 aliphatic carbocycles. The molecule has 1 aromatic rings. The zero-order valence-electron chi connectivity index (χ0n) is 9.71. The Bertz CT molecular complexity index is 445. The lowest BCUT2D eigenvalue weighted by atomic mass is 9.93. The first-order chi connectivity index (χ1) is 7.29. The summed E-state index contributed by atoms with van der Waals surface area (Å²) >= 11 is 0. The molecule has 0 spiro atoms. The Balaban J connectivity index is 3.80. The van der Waals surface area contributed by atoms with Gasteiger partial charge in [-0.2, -0.15) is 0 Å². The van der Waals surface area contributed by atoms with Crippen molar-refractivity contribution in [2.24, 2.45) is 0 Å². The molecule has 4 heteroatoms.